The van der Waals surface area contributed by atoms with Gasteiger partial charge in [0.2, 0.25) is 5.78 Å². The average molecular weight is 441 g/mol. The molecule has 30 heavy (non-hydrogen) atoms. The van der Waals surface area contributed by atoms with E-state index in [-0.39, 0.29) is 17.3 Å². The van der Waals surface area contributed by atoms with Gasteiger partial charge in [0, 0.05) is 6.07 Å². The molecular weight excluding hydrogens is 427 g/mol. The Morgan fingerprint density at radius 1 is 0.967 bits per heavy atom. The predicted molar refractivity (Wildman–Crippen MR) is 114 cm³/mol. The molecule has 0 aliphatic carbocycles. The smallest absolute Gasteiger partial charge is 0.343 e. The SMILES string of the molecule is COc1cccc(C(=O)Oc2ccc3c(c2)O/C(=C\c2ccc(Cl)c(Cl)c2)C3=O)c1. The number of halogens is 2. The van der Waals surface area contributed by atoms with Gasteiger partial charge in [-0.2, -0.15) is 0 Å². The molecule has 0 bridgehead atoms. The highest BCUT2D eigenvalue weighted by molar-refractivity contribution is 6.42. The molecule has 0 unspecified atom stereocenters. The minimum Gasteiger partial charge on any atom is -0.497 e. The van der Waals surface area contributed by atoms with E-state index in [2.05, 4.69) is 0 Å². The van der Waals surface area contributed by atoms with Crippen LogP contribution in [0, 0.1) is 0 Å². The molecule has 0 N–H and O–H groups in total. The van der Waals surface area contributed by atoms with Crippen molar-refractivity contribution in [1.82, 2.24) is 0 Å². The second-order valence-corrected chi connectivity index (χ2v) is 7.21. The van der Waals surface area contributed by atoms with E-state index in [0.717, 1.165) is 0 Å². The Hall–Kier alpha value is -3.28. The van der Waals surface area contributed by atoms with Gasteiger partial charge in [-0.05, 0) is 54.1 Å². The van der Waals surface area contributed by atoms with Crippen LogP contribution in [0.3, 0.4) is 0 Å². The van der Waals surface area contributed by atoms with Crippen LogP contribution < -0.4 is 14.2 Å². The van der Waals surface area contributed by atoms with Crippen LogP contribution in [0.5, 0.6) is 17.2 Å². The van der Waals surface area contributed by atoms with Crippen LogP contribution >= 0.6 is 23.2 Å². The Labute approximate surface area is 182 Å². The van der Waals surface area contributed by atoms with Gasteiger partial charge in [-0.1, -0.05) is 35.3 Å². The first-order valence-corrected chi connectivity index (χ1v) is 9.60. The summed E-state index contributed by atoms with van der Waals surface area (Å²) in [4.78, 5) is 25.0. The fourth-order valence-corrected chi connectivity index (χ4v) is 3.21. The zero-order valence-electron chi connectivity index (χ0n) is 15.6. The number of hydrogen-bond donors (Lipinski definition) is 0. The van der Waals surface area contributed by atoms with E-state index in [1.807, 2.05) is 0 Å². The number of rotatable bonds is 4. The van der Waals surface area contributed by atoms with Crippen molar-refractivity contribution in [1.29, 1.82) is 0 Å². The number of fused-ring (bicyclic) bond motifs is 1. The number of Topliss-reactive ketones (excluding diaryl/α,β-unsaturated/α-hetero) is 1. The van der Waals surface area contributed by atoms with E-state index in [0.29, 0.717) is 38.2 Å². The second kappa shape index (κ2) is 8.22. The van der Waals surface area contributed by atoms with Gasteiger partial charge >= 0.3 is 5.97 Å². The summed E-state index contributed by atoms with van der Waals surface area (Å²) in [5.41, 5.74) is 1.39. The molecule has 0 radical (unpaired) electrons. The number of ketones is 1. The summed E-state index contributed by atoms with van der Waals surface area (Å²) in [5, 5.41) is 0.795. The Kier molecular flexibility index (Phi) is 5.48. The molecule has 0 saturated carbocycles. The highest BCUT2D eigenvalue weighted by atomic mass is 35.5. The molecule has 0 spiro atoms. The molecule has 0 saturated heterocycles. The van der Waals surface area contributed by atoms with Crippen molar-refractivity contribution < 1.29 is 23.8 Å². The van der Waals surface area contributed by atoms with Crippen molar-refractivity contribution in [2.75, 3.05) is 7.11 Å². The van der Waals surface area contributed by atoms with E-state index >= 15 is 0 Å². The molecule has 0 atom stereocenters. The maximum atomic E-state index is 12.6. The molecule has 1 aliphatic rings. The Bertz CT molecular complexity index is 1200. The Morgan fingerprint density at radius 2 is 1.80 bits per heavy atom. The number of methoxy groups -OCH3 is 1. The van der Waals surface area contributed by atoms with Gasteiger partial charge < -0.3 is 14.2 Å². The number of ether oxygens (including phenoxy) is 3. The summed E-state index contributed by atoms with van der Waals surface area (Å²) in [5.74, 6) is 0.419. The van der Waals surface area contributed by atoms with Crippen LogP contribution in [-0.4, -0.2) is 18.9 Å². The van der Waals surface area contributed by atoms with Crippen LogP contribution in [0.4, 0.5) is 0 Å². The molecule has 3 aromatic carbocycles. The van der Waals surface area contributed by atoms with Crippen molar-refractivity contribution in [3.05, 3.63) is 93.2 Å². The first kappa shape index (κ1) is 20.0. The quantitative estimate of drug-likeness (QED) is 0.289. The van der Waals surface area contributed by atoms with Crippen LogP contribution in [0.15, 0.2) is 66.4 Å². The summed E-state index contributed by atoms with van der Waals surface area (Å²) >= 11 is 11.9. The predicted octanol–water partition coefficient (Wildman–Crippen LogP) is 5.84. The molecule has 1 aliphatic heterocycles. The van der Waals surface area contributed by atoms with Gasteiger partial charge in [0.05, 0.1) is 28.3 Å². The van der Waals surface area contributed by atoms with Gasteiger partial charge in [-0.3, -0.25) is 4.79 Å². The fraction of sp³-hybridized carbons (Fsp3) is 0.0435. The minimum atomic E-state index is -0.551. The summed E-state index contributed by atoms with van der Waals surface area (Å²) in [6, 6.07) is 16.2. The summed E-state index contributed by atoms with van der Waals surface area (Å²) in [7, 11) is 1.52. The van der Waals surface area contributed by atoms with Crippen molar-refractivity contribution in [2.45, 2.75) is 0 Å². The molecule has 0 fully saturated rings. The van der Waals surface area contributed by atoms with E-state index < -0.39 is 5.97 Å². The minimum absolute atomic E-state index is 0.139. The standard InChI is InChI=1S/C23H14Cl2O5/c1-28-15-4-2-3-14(11-15)23(27)29-16-6-7-17-20(12-16)30-21(22(17)26)10-13-5-8-18(24)19(25)9-13/h2-12H,1H3/b21-10-. The number of esters is 1. The van der Waals surface area contributed by atoms with E-state index in [9.17, 15) is 9.59 Å². The lowest BCUT2D eigenvalue weighted by molar-refractivity contribution is 0.0734. The van der Waals surface area contributed by atoms with Crippen LogP contribution in [0.25, 0.3) is 6.08 Å². The van der Waals surface area contributed by atoms with Gasteiger partial charge in [0.25, 0.3) is 0 Å². The third kappa shape index (κ3) is 4.03. The third-order valence-corrected chi connectivity index (χ3v) is 5.14. The zero-order chi connectivity index (χ0) is 21.3. The molecule has 4 rings (SSSR count). The normalized spacial score (nSPS) is 13.7. The largest absolute Gasteiger partial charge is 0.497 e. The van der Waals surface area contributed by atoms with E-state index in [1.165, 1.54) is 13.2 Å². The van der Waals surface area contributed by atoms with Crippen molar-refractivity contribution in [3.63, 3.8) is 0 Å². The monoisotopic (exact) mass is 440 g/mol. The maximum absolute atomic E-state index is 12.6. The van der Waals surface area contributed by atoms with Gasteiger partial charge in [-0.25, -0.2) is 4.79 Å². The van der Waals surface area contributed by atoms with Crippen LogP contribution in [-0.2, 0) is 0 Å². The van der Waals surface area contributed by atoms with Crippen molar-refractivity contribution in [2.24, 2.45) is 0 Å². The summed E-state index contributed by atoms with van der Waals surface area (Å²) in [6.07, 6.45) is 1.58. The Morgan fingerprint density at radius 3 is 2.57 bits per heavy atom. The summed E-state index contributed by atoms with van der Waals surface area (Å²) < 4.78 is 16.2. The van der Waals surface area contributed by atoms with Crippen LogP contribution in [0.1, 0.15) is 26.3 Å². The maximum Gasteiger partial charge on any atom is 0.343 e. The van der Waals surface area contributed by atoms with Gasteiger partial charge in [-0.15, -0.1) is 0 Å². The molecule has 3 aromatic rings. The van der Waals surface area contributed by atoms with Gasteiger partial charge in [0.15, 0.2) is 5.76 Å². The first-order chi connectivity index (χ1) is 14.4. The third-order valence-electron chi connectivity index (χ3n) is 4.40. The van der Waals surface area contributed by atoms with Crippen molar-refractivity contribution >= 4 is 41.0 Å². The lowest BCUT2D eigenvalue weighted by Crippen LogP contribution is -2.08. The lowest BCUT2D eigenvalue weighted by Gasteiger charge is -2.07. The first-order valence-electron chi connectivity index (χ1n) is 8.84. The molecule has 150 valence electrons. The van der Waals surface area contributed by atoms with Crippen molar-refractivity contribution in [3.8, 4) is 17.2 Å². The molecule has 5 nitrogen and oxygen atoms in total. The number of carbonyl (C=O) groups is 2. The topological polar surface area (TPSA) is 61.8 Å². The zero-order valence-corrected chi connectivity index (χ0v) is 17.2. The molecular formula is C23H14Cl2O5. The summed E-state index contributed by atoms with van der Waals surface area (Å²) in [6.45, 7) is 0. The average Bonchev–Trinajstić information content (AvgIpc) is 3.05. The van der Waals surface area contributed by atoms with E-state index in [1.54, 1.807) is 60.7 Å². The number of allylic oxidation sites excluding steroid dienone is 1. The molecule has 0 amide bonds. The van der Waals surface area contributed by atoms with Crippen LogP contribution in [0.2, 0.25) is 10.0 Å². The Balaban J connectivity index is 1.55. The highest BCUT2D eigenvalue weighted by Crippen LogP contribution is 2.35. The molecule has 7 heteroatoms. The van der Waals surface area contributed by atoms with Gasteiger partial charge in [0.1, 0.15) is 17.2 Å². The lowest BCUT2D eigenvalue weighted by atomic mass is 10.1. The van der Waals surface area contributed by atoms with E-state index in [4.69, 9.17) is 37.4 Å². The fourth-order valence-electron chi connectivity index (χ4n) is 2.90. The number of benzene rings is 3. The molecule has 0 aromatic heterocycles. The second-order valence-electron chi connectivity index (χ2n) is 6.39. The highest BCUT2D eigenvalue weighted by Gasteiger charge is 2.28. The number of carbonyl (C=O) groups excluding carboxylic acids is 2. The molecule has 1 heterocycles. The number of hydrogen-bond acceptors (Lipinski definition) is 5.